The minimum absolute atomic E-state index is 0.00266. The van der Waals surface area contributed by atoms with E-state index in [0.29, 0.717) is 37.4 Å². The molecule has 7 nitrogen and oxygen atoms in total. The summed E-state index contributed by atoms with van der Waals surface area (Å²) in [5.41, 5.74) is 7.39. The molecule has 2 fully saturated rings. The van der Waals surface area contributed by atoms with Crippen molar-refractivity contribution in [3.05, 3.63) is 54.0 Å². The molecular formula is C21H25N5O2. The number of hydrogen-bond donors (Lipinski definition) is 1. The van der Waals surface area contributed by atoms with Crippen LogP contribution < -0.4 is 5.73 Å². The van der Waals surface area contributed by atoms with Crippen LogP contribution in [0.15, 0.2) is 42.9 Å². The van der Waals surface area contributed by atoms with Gasteiger partial charge in [-0.3, -0.25) is 14.6 Å². The zero-order chi connectivity index (χ0) is 19.6. The average Bonchev–Trinajstić information content (AvgIpc) is 2.72. The van der Waals surface area contributed by atoms with Gasteiger partial charge in [-0.2, -0.15) is 0 Å². The molecule has 4 rings (SSSR count). The molecule has 2 aromatic rings. The predicted octanol–water partition coefficient (Wildman–Crippen LogP) is 2.10. The molecule has 0 aliphatic carbocycles. The van der Waals surface area contributed by atoms with Gasteiger partial charge in [-0.1, -0.05) is 0 Å². The lowest BCUT2D eigenvalue weighted by molar-refractivity contribution is -0.139. The van der Waals surface area contributed by atoms with Gasteiger partial charge in [-0.15, -0.1) is 0 Å². The maximum atomic E-state index is 12.7. The molecule has 2 aliphatic heterocycles. The third-order valence-corrected chi connectivity index (χ3v) is 6.02. The van der Waals surface area contributed by atoms with Crippen molar-refractivity contribution in [2.24, 2.45) is 5.41 Å². The minimum Gasteiger partial charge on any atom is -0.384 e. The van der Waals surface area contributed by atoms with Crippen LogP contribution in [0.4, 0.5) is 5.82 Å². The van der Waals surface area contributed by atoms with E-state index in [1.165, 1.54) is 6.20 Å². The first-order valence-corrected chi connectivity index (χ1v) is 9.72. The summed E-state index contributed by atoms with van der Waals surface area (Å²) in [4.78, 5) is 37.1. The van der Waals surface area contributed by atoms with E-state index in [2.05, 4.69) is 9.97 Å². The third kappa shape index (κ3) is 3.83. The summed E-state index contributed by atoms with van der Waals surface area (Å²) in [6.07, 6.45) is 8.39. The monoisotopic (exact) mass is 379 g/mol. The quantitative estimate of drug-likeness (QED) is 0.882. The lowest BCUT2D eigenvalue weighted by Gasteiger charge is -2.47. The highest BCUT2D eigenvalue weighted by atomic mass is 16.2. The molecule has 0 unspecified atom stereocenters. The van der Waals surface area contributed by atoms with E-state index in [9.17, 15) is 9.59 Å². The summed E-state index contributed by atoms with van der Waals surface area (Å²) in [6, 6.07) is 7.29. The highest BCUT2D eigenvalue weighted by Gasteiger charge is 2.41. The Hall–Kier alpha value is -2.96. The van der Waals surface area contributed by atoms with Gasteiger partial charge in [0.05, 0.1) is 5.56 Å². The van der Waals surface area contributed by atoms with Gasteiger partial charge < -0.3 is 15.5 Å². The van der Waals surface area contributed by atoms with Crippen molar-refractivity contribution >= 4 is 17.6 Å². The number of carbonyl (C=O) groups is 2. The second-order valence-corrected chi connectivity index (χ2v) is 7.87. The van der Waals surface area contributed by atoms with Gasteiger partial charge in [0, 0.05) is 51.2 Å². The fourth-order valence-electron chi connectivity index (χ4n) is 4.26. The number of carbonyl (C=O) groups excluding carboxylic acids is 2. The third-order valence-electron chi connectivity index (χ3n) is 6.02. The number of nitrogen functional groups attached to an aromatic ring is 1. The topological polar surface area (TPSA) is 92.4 Å². The molecule has 2 N–H and O–H groups in total. The van der Waals surface area contributed by atoms with E-state index in [-0.39, 0.29) is 17.2 Å². The Labute approximate surface area is 164 Å². The minimum atomic E-state index is 0.00266. The maximum absolute atomic E-state index is 12.7. The number of rotatable bonds is 3. The van der Waals surface area contributed by atoms with Gasteiger partial charge in [-0.25, -0.2) is 4.98 Å². The summed E-state index contributed by atoms with van der Waals surface area (Å²) >= 11 is 0. The molecule has 4 heterocycles. The fraction of sp³-hybridized carbons (Fsp3) is 0.429. The van der Waals surface area contributed by atoms with Gasteiger partial charge in [0.2, 0.25) is 5.91 Å². The summed E-state index contributed by atoms with van der Waals surface area (Å²) in [7, 11) is 0. The molecule has 0 saturated carbocycles. The molecular weight excluding hydrogens is 354 g/mol. The number of anilines is 1. The van der Waals surface area contributed by atoms with Crippen molar-refractivity contribution in [2.45, 2.75) is 32.2 Å². The number of amides is 2. The second kappa shape index (κ2) is 7.58. The second-order valence-electron chi connectivity index (χ2n) is 7.87. The fourth-order valence-corrected chi connectivity index (χ4v) is 4.26. The normalized spacial score (nSPS) is 19.1. The first-order valence-electron chi connectivity index (χ1n) is 9.72. The highest BCUT2D eigenvalue weighted by Crippen LogP contribution is 2.40. The van der Waals surface area contributed by atoms with Gasteiger partial charge in [0.1, 0.15) is 5.82 Å². The van der Waals surface area contributed by atoms with Crippen molar-refractivity contribution in [1.82, 2.24) is 19.8 Å². The Morgan fingerprint density at radius 2 is 1.86 bits per heavy atom. The van der Waals surface area contributed by atoms with Gasteiger partial charge in [-0.05, 0) is 54.5 Å². The van der Waals surface area contributed by atoms with Crippen LogP contribution in [0, 0.1) is 5.41 Å². The average molecular weight is 379 g/mol. The summed E-state index contributed by atoms with van der Waals surface area (Å²) < 4.78 is 0. The molecule has 146 valence electrons. The first kappa shape index (κ1) is 18.4. The predicted molar refractivity (Wildman–Crippen MR) is 105 cm³/mol. The van der Waals surface area contributed by atoms with Crippen molar-refractivity contribution in [3.8, 4) is 0 Å². The molecule has 7 heteroatoms. The largest absolute Gasteiger partial charge is 0.384 e. The first-order chi connectivity index (χ1) is 13.5. The number of hydrogen-bond acceptors (Lipinski definition) is 5. The van der Waals surface area contributed by atoms with Gasteiger partial charge in [0.25, 0.3) is 5.91 Å². The summed E-state index contributed by atoms with van der Waals surface area (Å²) in [5, 5.41) is 0. The molecule has 2 saturated heterocycles. The standard InChI is InChI=1S/C21H25N5O2/c22-18-2-1-17(13-24-18)20(28)25-11-7-21(8-12-25)6-3-19(27)26(15-21)14-16-4-9-23-10-5-16/h1-2,4-5,9-10,13H,3,6-8,11-12,14-15H2,(H2,22,24). The Morgan fingerprint density at radius 3 is 2.54 bits per heavy atom. The van der Waals surface area contributed by atoms with Crippen LogP contribution in [0.3, 0.4) is 0 Å². The molecule has 0 atom stereocenters. The van der Waals surface area contributed by atoms with Crippen molar-refractivity contribution in [1.29, 1.82) is 0 Å². The lowest BCUT2D eigenvalue weighted by Crippen LogP contribution is -2.52. The molecule has 0 bridgehead atoms. The van der Waals surface area contributed by atoms with Crippen molar-refractivity contribution in [2.75, 3.05) is 25.4 Å². The molecule has 28 heavy (non-hydrogen) atoms. The van der Waals surface area contributed by atoms with E-state index in [1.54, 1.807) is 24.5 Å². The van der Waals surface area contributed by atoms with Crippen LogP contribution in [-0.2, 0) is 11.3 Å². The van der Waals surface area contributed by atoms with Crippen LogP contribution in [0.1, 0.15) is 41.6 Å². The highest BCUT2D eigenvalue weighted by molar-refractivity contribution is 5.94. The molecule has 2 aromatic heterocycles. The zero-order valence-corrected chi connectivity index (χ0v) is 15.9. The number of nitrogens with two attached hydrogens (primary N) is 1. The van der Waals surface area contributed by atoms with Gasteiger partial charge in [0.15, 0.2) is 0 Å². The van der Waals surface area contributed by atoms with Crippen LogP contribution in [0.5, 0.6) is 0 Å². The number of piperidine rings is 2. The van der Waals surface area contributed by atoms with Crippen LogP contribution in [-0.4, -0.2) is 51.2 Å². The summed E-state index contributed by atoms with van der Waals surface area (Å²) in [6.45, 7) is 2.81. The molecule has 2 aliphatic rings. The van der Waals surface area contributed by atoms with Crippen molar-refractivity contribution in [3.63, 3.8) is 0 Å². The van der Waals surface area contributed by atoms with E-state index < -0.39 is 0 Å². The maximum Gasteiger partial charge on any atom is 0.255 e. The van der Waals surface area contributed by atoms with Crippen LogP contribution in [0.2, 0.25) is 0 Å². The SMILES string of the molecule is Nc1ccc(C(=O)N2CCC3(CCC(=O)N(Cc4ccncc4)C3)CC2)cn1. The Bertz CT molecular complexity index is 845. The van der Waals surface area contributed by atoms with Gasteiger partial charge >= 0.3 is 0 Å². The van der Waals surface area contributed by atoms with Crippen LogP contribution >= 0.6 is 0 Å². The van der Waals surface area contributed by atoms with Crippen molar-refractivity contribution < 1.29 is 9.59 Å². The molecule has 1 spiro atoms. The number of pyridine rings is 2. The van der Waals surface area contributed by atoms with E-state index in [0.717, 1.165) is 31.4 Å². The van der Waals surface area contributed by atoms with E-state index in [1.807, 2.05) is 21.9 Å². The van der Waals surface area contributed by atoms with E-state index >= 15 is 0 Å². The number of nitrogens with zero attached hydrogens (tertiary/aromatic N) is 4. The zero-order valence-electron chi connectivity index (χ0n) is 15.9. The smallest absolute Gasteiger partial charge is 0.255 e. The molecule has 0 radical (unpaired) electrons. The number of likely N-dealkylation sites (tertiary alicyclic amines) is 2. The Morgan fingerprint density at radius 1 is 1.11 bits per heavy atom. The van der Waals surface area contributed by atoms with E-state index in [4.69, 9.17) is 5.73 Å². The Balaban J connectivity index is 1.39. The van der Waals surface area contributed by atoms with Crippen LogP contribution in [0.25, 0.3) is 0 Å². The Kier molecular flexibility index (Phi) is 4.98. The molecule has 2 amide bonds. The number of aromatic nitrogens is 2. The molecule has 0 aromatic carbocycles. The summed E-state index contributed by atoms with van der Waals surface area (Å²) in [5.74, 6) is 0.632. The lowest BCUT2D eigenvalue weighted by atomic mass is 9.72.